The minimum absolute atomic E-state index is 0.0185. The maximum Gasteiger partial charge on any atom is 0.254 e. The largest absolute Gasteiger partial charge is 0.493 e. The summed E-state index contributed by atoms with van der Waals surface area (Å²) in [6, 6.07) is 8.97. The molecule has 0 bridgehead atoms. The van der Waals surface area contributed by atoms with Gasteiger partial charge < -0.3 is 24.0 Å². The van der Waals surface area contributed by atoms with Gasteiger partial charge >= 0.3 is 0 Å². The summed E-state index contributed by atoms with van der Waals surface area (Å²) in [5, 5.41) is 8.35. The van der Waals surface area contributed by atoms with E-state index in [1.165, 1.54) is 0 Å². The van der Waals surface area contributed by atoms with Gasteiger partial charge in [-0.15, -0.1) is 10.2 Å². The van der Waals surface area contributed by atoms with Crippen molar-refractivity contribution >= 4 is 11.7 Å². The van der Waals surface area contributed by atoms with Crippen LogP contribution in [0, 0.1) is 0 Å². The molecule has 1 aromatic carbocycles. The number of hydrogen-bond acceptors (Lipinski definition) is 7. The van der Waals surface area contributed by atoms with E-state index in [2.05, 4.69) is 15.1 Å². The van der Waals surface area contributed by atoms with Crippen molar-refractivity contribution in [2.75, 3.05) is 51.9 Å². The first-order chi connectivity index (χ1) is 13.7. The zero-order valence-corrected chi connectivity index (χ0v) is 16.6. The van der Waals surface area contributed by atoms with Gasteiger partial charge in [-0.1, -0.05) is 6.92 Å². The van der Waals surface area contributed by atoms with Gasteiger partial charge in [0, 0.05) is 37.8 Å². The molecule has 0 spiro atoms. The highest BCUT2D eigenvalue weighted by Crippen LogP contribution is 2.28. The van der Waals surface area contributed by atoms with Crippen LogP contribution in [0.4, 0.5) is 5.82 Å². The van der Waals surface area contributed by atoms with Crippen LogP contribution in [0.1, 0.15) is 23.7 Å². The number of benzene rings is 1. The molecule has 0 radical (unpaired) electrons. The minimum Gasteiger partial charge on any atom is -0.493 e. The van der Waals surface area contributed by atoms with Gasteiger partial charge in [0.05, 0.1) is 20.8 Å². The molecule has 0 N–H and O–H groups in total. The van der Waals surface area contributed by atoms with Gasteiger partial charge in [-0.2, -0.15) is 0 Å². The predicted octanol–water partition coefficient (Wildman–Crippen LogP) is 2.25. The Bertz CT molecular complexity index is 789. The van der Waals surface area contributed by atoms with Crippen molar-refractivity contribution in [3.63, 3.8) is 0 Å². The number of aromatic nitrogens is 2. The van der Waals surface area contributed by atoms with Crippen molar-refractivity contribution in [1.29, 1.82) is 0 Å². The molecule has 1 saturated heterocycles. The van der Waals surface area contributed by atoms with Gasteiger partial charge in [0.1, 0.15) is 0 Å². The standard InChI is InChI=1S/C20H26N4O4/c1-4-13-28-19-8-7-18(21-22-19)23-9-11-24(12-10-23)20(25)15-5-6-16(26-2)17(14-15)27-3/h5-8,14H,4,9-13H2,1-3H3. The van der Waals surface area contributed by atoms with Gasteiger partial charge in [0.15, 0.2) is 17.3 Å². The first kappa shape index (κ1) is 19.7. The number of piperazine rings is 1. The second kappa shape index (κ2) is 9.25. The van der Waals surface area contributed by atoms with Crippen LogP contribution in [0.5, 0.6) is 17.4 Å². The molecule has 8 nitrogen and oxygen atoms in total. The lowest BCUT2D eigenvalue weighted by molar-refractivity contribution is 0.0746. The molecule has 0 atom stereocenters. The third-order valence-corrected chi connectivity index (χ3v) is 4.60. The summed E-state index contributed by atoms with van der Waals surface area (Å²) in [5.41, 5.74) is 0.586. The smallest absolute Gasteiger partial charge is 0.254 e. The van der Waals surface area contributed by atoms with Crippen molar-refractivity contribution in [2.45, 2.75) is 13.3 Å². The Morgan fingerprint density at radius 1 is 1.00 bits per heavy atom. The molecule has 3 rings (SSSR count). The summed E-state index contributed by atoms with van der Waals surface area (Å²) in [6.45, 7) is 5.30. The highest BCUT2D eigenvalue weighted by Gasteiger charge is 2.24. The fourth-order valence-electron chi connectivity index (χ4n) is 3.06. The normalized spacial score (nSPS) is 14.0. The molecule has 1 amide bonds. The van der Waals surface area contributed by atoms with Crippen LogP contribution in [-0.4, -0.2) is 68.0 Å². The molecule has 2 heterocycles. The number of carbonyl (C=O) groups excluding carboxylic acids is 1. The maximum atomic E-state index is 12.8. The summed E-state index contributed by atoms with van der Waals surface area (Å²) in [7, 11) is 3.13. The number of nitrogens with zero attached hydrogens (tertiary/aromatic N) is 4. The highest BCUT2D eigenvalue weighted by molar-refractivity contribution is 5.95. The summed E-state index contributed by atoms with van der Waals surface area (Å²) < 4.78 is 16.0. The molecule has 8 heteroatoms. The predicted molar refractivity (Wildman–Crippen MR) is 105 cm³/mol. The monoisotopic (exact) mass is 386 g/mol. The topological polar surface area (TPSA) is 77.0 Å². The Kier molecular flexibility index (Phi) is 6.52. The zero-order valence-electron chi connectivity index (χ0n) is 16.6. The molecule has 150 valence electrons. The minimum atomic E-state index is -0.0185. The van der Waals surface area contributed by atoms with E-state index >= 15 is 0 Å². The fraction of sp³-hybridized carbons (Fsp3) is 0.450. The number of anilines is 1. The van der Waals surface area contributed by atoms with Crippen molar-refractivity contribution in [1.82, 2.24) is 15.1 Å². The molecule has 1 fully saturated rings. The van der Waals surface area contributed by atoms with Crippen molar-refractivity contribution < 1.29 is 19.0 Å². The van der Waals surface area contributed by atoms with Crippen LogP contribution in [0.2, 0.25) is 0 Å². The third-order valence-electron chi connectivity index (χ3n) is 4.60. The summed E-state index contributed by atoms with van der Waals surface area (Å²) in [4.78, 5) is 16.8. The summed E-state index contributed by atoms with van der Waals surface area (Å²) in [5.74, 6) is 2.46. The van der Waals surface area contributed by atoms with E-state index in [1.807, 2.05) is 24.0 Å². The van der Waals surface area contributed by atoms with Gasteiger partial charge in [0.2, 0.25) is 5.88 Å². The second-order valence-electron chi connectivity index (χ2n) is 6.43. The van der Waals surface area contributed by atoms with E-state index in [4.69, 9.17) is 14.2 Å². The van der Waals surface area contributed by atoms with Crippen molar-refractivity contribution in [2.24, 2.45) is 0 Å². The van der Waals surface area contributed by atoms with E-state index in [0.717, 1.165) is 12.2 Å². The lowest BCUT2D eigenvalue weighted by atomic mass is 10.1. The number of hydrogen-bond donors (Lipinski definition) is 0. The lowest BCUT2D eigenvalue weighted by Gasteiger charge is -2.35. The van der Waals surface area contributed by atoms with Gasteiger partial charge in [-0.25, -0.2) is 0 Å². The average Bonchev–Trinajstić information content (AvgIpc) is 2.77. The van der Waals surface area contributed by atoms with Crippen LogP contribution < -0.4 is 19.1 Å². The van der Waals surface area contributed by atoms with Gasteiger partial charge in [-0.05, 0) is 30.7 Å². The maximum absolute atomic E-state index is 12.8. The summed E-state index contributed by atoms with van der Waals surface area (Å²) >= 11 is 0. The molecule has 2 aromatic rings. The Morgan fingerprint density at radius 2 is 1.75 bits per heavy atom. The Hall–Kier alpha value is -3.03. The Balaban J connectivity index is 1.59. The summed E-state index contributed by atoms with van der Waals surface area (Å²) in [6.07, 6.45) is 0.930. The van der Waals surface area contributed by atoms with E-state index in [-0.39, 0.29) is 5.91 Å². The SMILES string of the molecule is CCCOc1ccc(N2CCN(C(=O)c3ccc(OC)c(OC)c3)CC2)nn1. The highest BCUT2D eigenvalue weighted by atomic mass is 16.5. The Morgan fingerprint density at radius 3 is 2.36 bits per heavy atom. The third kappa shape index (κ3) is 4.44. The zero-order chi connectivity index (χ0) is 19.9. The average molecular weight is 386 g/mol. The van der Waals surface area contributed by atoms with Crippen LogP contribution in [0.15, 0.2) is 30.3 Å². The number of methoxy groups -OCH3 is 2. The van der Waals surface area contributed by atoms with Gasteiger partial charge in [-0.3, -0.25) is 4.79 Å². The first-order valence-electron chi connectivity index (χ1n) is 9.39. The molecule has 28 heavy (non-hydrogen) atoms. The van der Waals surface area contributed by atoms with Crippen molar-refractivity contribution in [3.05, 3.63) is 35.9 Å². The van der Waals surface area contributed by atoms with E-state index in [1.54, 1.807) is 32.4 Å². The lowest BCUT2D eigenvalue weighted by Crippen LogP contribution is -2.49. The molecule has 0 saturated carbocycles. The van der Waals surface area contributed by atoms with Gasteiger partial charge in [0.25, 0.3) is 5.91 Å². The number of carbonyl (C=O) groups is 1. The van der Waals surface area contributed by atoms with E-state index in [9.17, 15) is 4.79 Å². The number of rotatable bonds is 7. The van der Waals surface area contributed by atoms with Crippen LogP contribution in [0.25, 0.3) is 0 Å². The number of amides is 1. The molecule has 0 aliphatic carbocycles. The molecule has 1 aromatic heterocycles. The number of ether oxygens (including phenoxy) is 3. The van der Waals surface area contributed by atoms with Crippen LogP contribution in [-0.2, 0) is 0 Å². The fourth-order valence-corrected chi connectivity index (χ4v) is 3.06. The van der Waals surface area contributed by atoms with Crippen molar-refractivity contribution in [3.8, 4) is 17.4 Å². The first-order valence-corrected chi connectivity index (χ1v) is 9.39. The quantitative estimate of drug-likeness (QED) is 0.722. The molecule has 1 aliphatic heterocycles. The molecular formula is C20H26N4O4. The van der Waals surface area contributed by atoms with Crippen LogP contribution in [0.3, 0.4) is 0 Å². The molecule has 0 unspecified atom stereocenters. The molecular weight excluding hydrogens is 360 g/mol. The van der Waals surface area contributed by atoms with E-state index < -0.39 is 0 Å². The van der Waals surface area contributed by atoms with Crippen LogP contribution >= 0.6 is 0 Å². The Labute approximate surface area is 165 Å². The van der Waals surface area contributed by atoms with E-state index in [0.29, 0.717) is 55.7 Å². The molecule has 1 aliphatic rings. The second-order valence-corrected chi connectivity index (χ2v) is 6.43.